The Morgan fingerprint density at radius 2 is 2.25 bits per heavy atom. The molecule has 4 N–H and O–H groups in total. The fraction of sp³-hybridized carbons (Fsp3) is 0.385. The third kappa shape index (κ3) is 3.96. The summed E-state index contributed by atoms with van der Waals surface area (Å²) in [5.74, 6) is 0.0778. The molecule has 1 fully saturated rings. The predicted octanol–water partition coefficient (Wildman–Crippen LogP) is 0.483. The molecule has 0 aliphatic carbocycles. The second kappa shape index (κ2) is 6.74. The lowest BCUT2D eigenvalue weighted by atomic mass is 10.1. The van der Waals surface area contributed by atoms with Crippen molar-refractivity contribution in [1.82, 2.24) is 16.2 Å². The molecule has 1 saturated heterocycles. The van der Waals surface area contributed by atoms with Gasteiger partial charge < -0.3 is 10.6 Å². The van der Waals surface area contributed by atoms with Crippen LogP contribution in [0.2, 0.25) is 0 Å². The topological polar surface area (TPSA) is 82.3 Å². The molecule has 1 unspecified atom stereocenters. The third-order valence-corrected chi connectivity index (χ3v) is 4.03. The van der Waals surface area contributed by atoms with Gasteiger partial charge in [0.2, 0.25) is 11.8 Å². The standard InChI is InChI=1S/C13H18N4O2S/c1-8-4-3-5-10(9(8)2)15-12(19)7-20-13-16-11(18)6-14-17-13/h3-5,13-14,17H,6-7H2,1-2H3,(H,15,19)(H,16,18). The molecule has 7 heteroatoms. The summed E-state index contributed by atoms with van der Waals surface area (Å²) < 4.78 is 0. The average Bonchev–Trinajstić information content (AvgIpc) is 2.42. The van der Waals surface area contributed by atoms with Crippen LogP contribution in [0.15, 0.2) is 18.2 Å². The minimum absolute atomic E-state index is 0.0869. The van der Waals surface area contributed by atoms with Gasteiger partial charge >= 0.3 is 0 Å². The predicted molar refractivity (Wildman–Crippen MR) is 80.1 cm³/mol. The molecule has 2 amide bonds. The first-order valence-electron chi connectivity index (χ1n) is 6.31. The molecule has 1 aromatic carbocycles. The second-order valence-corrected chi connectivity index (χ2v) is 5.65. The highest BCUT2D eigenvalue weighted by Gasteiger charge is 2.18. The Morgan fingerprint density at radius 1 is 1.45 bits per heavy atom. The third-order valence-electron chi connectivity index (χ3n) is 3.03. The molecule has 1 aliphatic heterocycles. The van der Waals surface area contributed by atoms with Crippen molar-refractivity contribution >= 4 is 29.3 Å². The first kappa shape index (κ1) is 14.8. The van der Waals surface area contributed by atoms with Gasteiger partial charge in [0.15, 0.2) is 0 Å². The summed E-state index contributed by atoms with van der Waals surface area (Å²) >= 11 is 1.32. The number of anilines is 1. The molecule has 1 aliphatic rings. The molecule has 6 nitrogen and oxygen atoms in total. The van der Waals surface area contributed by atoms with Gasteiger partial charge in [0.05, 0.1) is 12.3 Å². The maximum Gasteiger partial charge on any atom is 0.237 e. The highest BCUT2D eigenvalue weighted by atomic mass is 32.2. The van der Waals surface area contributed by atoms with E-state index in [4.69, 9.17) is 0 Å². The van der Waals surface area contributed by atoms with Crippen LogP contribution in [-0.2, 0) is 9.59 Å². The fourth-order valence-electron chi connectivity index (χ4n) is 1.77. The van der Waals surface area contributed by atoms with E-state index in [-0.39, 0.29) is 29.6 Å². The Labute approximate surface area is 122 Å². The number of nitrogens with one attached hydrogen (secondary N) is 4. The SMILES string of the molecule is Cc1cccc(NC(=O)CSC2NNCC(=O)N2)c1C. The number of carbonyl (C=O) groups is 2. The van der Waals surface area contributed by atoms with Crippen molar-refractivity contribution in [1.29, 1.82) is 0 Å². The smallest absolute Gasteiger partial charge is 0.237 e. The van der Waals surface area contributed by atoms with Crippen LogP contribution in [0.1, 0.15) is 11.1 Å². The van der Waals surface area contributed by atoms with Gasteiger partial charge in [0.1, 0.15) is 5.50 Å². The Balaban J connectivity index is 1.83. The van der Waals surface area contributed by atoms with E-state index in [0.717, 1.165) is 16.8 Å². The Morgan fingerprint density at radius 3 is 3.00 bits per heavy atom. The van der Waals surface area contributed by atoms with E-state index in [0.29, 0.717) is 0 Å². The summed E-state index contributed by atoms with van der Waals surface area (Å²) in [7, 11) is 0. The van der Waals surface area contributed by atoms with Crippen LogP contribution in [0, 0.1) is 13.8 Å². The van der Waals surface area contributed by atoms with Crippen molar-refractivity contribution in [2.24, 2.45) is 0 Å². The molecule has 20 heavy (non-hydrogen) atoms. The Kier molecular flexibility index (Phi) is 4.99. The van der Waals surface area contributed by atoms with Gasteiger partial charge in [-0.1, -0.05) is 12.1 Å². The first-order chi connectivity index (χ1) is 9.56. The van der Waals surface area contributed by atoms with Crippen molar-refractivity contribution in [3.8, 4) is 0 Å². The maximum atomic E-state index is 11.9. The summed E-state index contributed by atoms with van der Waals surface area (Å²) in [5.41, 5.74) is 8.39. The number of hydrazine groups is 1. The van der Waals surface area contributed by atoms with Crippen LogP contribution in [-0.4, -0.2) is 29.6 Å². The van der Waals surface area contributed by atoms with Crippen LogP contribution < -0.4 is 21.5 Å². The molecule has 0 bridgehead atoms. The highest BCUT2D eigenvalue weighted by molar-refractivity contribution is 8.00. The zero-order valence-electron chi connectivity index (χ0n) is 11.4. The normalized spacial score (nSPS) is 18.5. The lowest BCUT2D eigenvalue weighted by molar-refractivity contribution is -0.122. The minimum atomic E-state index is -0.291. The molecule has 0 aromatic heterocycles. The lowest BCUT2D eigenvalue weighted by Crippen LogP contribution is -2.58. The number of thioether (sulfide) groups is 1. The molecule has 1 heterocycles. The van der Waals surface area contributed by atoms with Crippen LogP contribution in [0.25, 0.3) is 0 Å². The summed E-state index contributed by atoms with van der Waals surface area (Å²) in [6.07, 6.45) is 0. The molecule has 1 aromatic rings. The van der Waals surface area contributed by atoms with Crippen LogP contribution >= 0.6 is 11.8 Å². The van der Waals surface area contributed by atoms with E-state index in [2.05, 4.69) is 21.5 Å². The fourth-order valence-corrected chi connectivity index (χ4v) is 2.54. The summed E-state index contributed by atoms with van der Waals surface area (Å²) in [4.78, 5) is 23.1. The van der Waals surface area contributed by atoms with Gasteiger partial charge in [-0.25, -0.2) is 10.9 Å². The van der Waals surface area contributed by atoms with Crippen LogP contribution in [0.3, 0.4) is 0 Å². The lowest BCUT2D eigenvalue weighted by Gasteiger charge is -2.24. The van der Waals surface area contributed by atoms with E-state index in [1.807, 2.05) is 32.0 Å². The van der Waals surface area contributed by atoms with Gasteiger partial charge in [-0.2, -0.15) is 0 Å². The molecular formula is C13H18N4O2S. The van der Waals surface area contributed by atoms with Crippen molar-refractivity contribution in [2.75, 3.05) is 17.6 Å². The second-order valence-electron chi connectivity index (χ2n) is 4.55. The van der Waals surface area contributed by atoms with Crippen molar-refractivity contribution in [3.05, 3.63) is 29.3 Å². The molecular weight excluding hydrogens is 276 g/mol. The number of carbonyl (C=O) groups excluding carboxylic acids is 2. The van der Waals surface area contributed by atoms with E-state index < -0.39 is 0 Å². The molecule has 0 radical (unpaired) electrons. The number of rotatable bonds is 4. The maximum absolute atomic E-state index is 11.9. The van der Waals surface area contributed by atoms with Crippen molar-refractivity contribution in [2.45, 2.75) is 19.3 Å². The van der Waals surface area contributed by atoms with Gasteiger partial charge in [0.25, 0.3) is 0 Å². The zero-order chi connectivity index (χ0) is 14.5. The molecule has 108 valence electrons. The quantitative estimate of drug-likeness (QED) is 0.649. The van der Waals surface area contributed by atoms with Crippen molar-refractivity contribution in [3.63, 3.8) is 0 Å². The number of amides is 2. The summed E-state index contributed by atoms with van der Waals surface area (Å²) in [5, 5.41) is 5.61. The number of benzene rings is 1. The van der Waals surface area contributed by atoms with Crippen molar-refractivity contribution < 1.29 is 9.59 Å². The van der Waals surface area contributed by atoms with Crippen LogP contribution in [0.4, 0.5) is 5.69 Å². The monoisotopic (exact) mass is 294 g/mol. The van der Waals surface area contributed by atoms with Crippen LogP contribution in [0.5, 0.6) is 0 Å². The zero-order valence-corrected chi connectivity index (χ0v) is 12.3. The highest BCUT2D eigenvalue weighted by Crippen LogP contribution is 2.18. The number of hydrogen-bond acceptors (Lipinski definition) is 5. The summed E-state index contributed by atoms with van der Waals surface area (Å²) in [6.45, 7) is 4.23. The first-order valence-corrected chi connectivity index (χ1v) is 7.36. The molecule has 0 spiro atoms. The van der Waals surface area contributed by atoms with E-state index in [1.165, 1.54) is 11.8 Å². The van der Waals surface area contributed by atoms with E-state index >= 15 is 0 Å². The number of aryl methyl sites for hydroxylation is 1. The molecule has 0 saturated carbocycles. The Hall–Kier alpha value is -1.57. The molecule has 2 rings (SSSR count). The Bertz CT molecular complexity index is 521. The van der Waals surface area contributed by atoms with Gasteiger partial charge in [-0.15, -0.1) is 11.8 Å². The minimum Gasteiger partial charge on any atom is -0.330 e. The van der Waals surface area contributed by atoms with Gasteiger partial charge in [-0.3, -0.25) is 9.59 Å². The van der Waals surface area contributed by atoms with E-state index in [1.54, 1.807) is 0 Å². The molecule has 1 atom stereocenters. The van der Waals surface area contributed by atoms with E-state index in [9.17, 15) is 9.59 Å². The summed E-state index contributed by atoms with van der Waals surface area (Å²) in [6, 6.07) is 5.80. The van der Waals surface area contributed by atoms with Gasteiger partial charge in [-0.05, 0) is 31.0 Å². The van der Waals surface area contributed by atoms with Gasteiger partial charge in [0, 0.05) is 5.69 Å². The average molecular weight is 294 g/mol. The number of hydrogen-bond donors (Lipinski definition) is 4. The largest absolute Gasteiger partial charge is 0.330 e.